The normalized spacial score (nSPS) is 11.3. The Morgan fingerprint density at radius 3 is 2.65 bits per heavy atom. The first-order chi connectivity index (χ1) is 9.29. The number of sulfonamides is 1. The van der Waals surface area contributed by atoms with E-state index in [0.717, 1.165) is 6.07 Å². The lowest BCUT2D eigenvalue weighted by Crippen LogP contribution is -2.12. The molecule has 106 valence electrons. The van der Waals surface area contributed by atoms with Gasteiger partial charge < -0.3 is 0 Å². The number of anilines is 1. The van der Waals surface area contributed by atoms with Crippen LogP contribution in [0.1, 0.15) is 0 Å². The first kappa shape index (κ1) is 15.2. The van der Waals surface area contributed by atoms with Gasteiger partial charge >= 0.3 is 0 Å². The highest BCUT2D eigenvalue weighted by atomic mass is 79.9. The predicted octanol–water partition coefficient (Wildman–Crippen LogP) is 3.27. The number of hydrogen-bond donors (Lipinski definition) is 1. The van der Waals surface area contributed by atoms with E-state index in [9.17, 15) is 18.5 Å². The van der Waals surface area contributed by atoms with Gasteiger partial charge in [0, 0.05) is 16.7 Å². The average molecular weight is 399 g/mol. The van der Waals surface area contributed by atoms with Gasteiger partial charge in [-0.25, -0.2) is 13.4 Å². The van der Waals surface area contributed by atoms with Crippen molar-refractivity contribution in [3.8, 4) is 0 Å². The summed E-state index contributed by atoms with van der Waals surface area (Å²) in [6.07, 6.45) is 1.42. The van der Waals surface area contributed by atoms with Gasteiger partial charge in [0.25, 0.3) is 15.7 Å². The number of halogens is 2. The molecule has 0 spiro atoms. The van der Waals surface area contributed by atoms with Crippen LogP contribution >= 0.6 is 38.9 Å². The summed E-state index contributed by atoms with van der Waals surface area (Å²) in [5.41, 5.74) is -0.444. The van der Waals surface area contributed by atoms with Crippen LogP contribution in [0.4, 0.5) is 11.5 Å². The zero-order valence-electron chi connectivity index (χ0n) is 9.41. The van der Waals surface area contributed by atoms with Crippen molar-refractivity contribution in [3.63, 3.8) is 0 Å². The van der Waals surface area contributed by atoms with E-state index in [1.807, 2.05) is 0 Å². The molecule has 0 radical (unpaired) electrons. The van der Waals surface area contributed by atoms with Crippen molar-refractivity contribution in [2.75, 3.05) is 4.72 Å². The number of nitro groups is 1. The average Bonchev–Trinajstić information content (AvgIpc) is 2.75. The molecule has 2 heterocycles. The number of thiophene rings is 1. The lowest BCUT2D eigenvalue weighted by molar-refractivity contribution is -0.384. The van der Waals surface area contributed by atoms with Gasteiger partial charge in [-0.1, -0.05) is 11.6 Å². The fourth-order valence-corrected chi connectivity index (χ4v) is 4.13. The topological polar surface area (TPSA) is 102 Å². The molecule has 0 aliphatic heterocycles. The van der Waals surface area contributed by atoms with Gasteiger partial charge in [-0.05, 0) is 28.1 Å². The van der Waals surface area contributed by atoms with E-state index in [0.29, 0.717) is 15.8 Å². The van der Waals surface area contributed by atoms with Gasteiger partial charge in [-0.15, -0.1) is 11.3 Å². The fourth-order valence-electron chi connectivity index (χ4n) is 1.22. The van der Waals surface area contributed by atoms with Gasteiger partial charge in [0.1, 0.15) is 10.0 Å². The molecule has 2 aromatic rings. The Balaban J connectivity index is 2.33. The third-order valence-electron chi connectivity index (χ3n) is 2.07. The first-order valence-electron chi connectivity index (χ1n) is 4.88. The number of rotatable bonds is 4. The first-order valence-corrected chi connectivity index (χ1v) is 8.35. The van der Waals surface area contributed by atoms with Crippen LogP contribution in [0.25, 0.3) is 0 Å². The largest absolute Gasteiger partial charge is 0.300 e. The summed E-state index contributed by atoms with van der Waals surface area (Å²) in [7, 11) is -3.96. The van der Waals surface area contributed by atoms with Crippen LogP contribution in [0, 0.1) is 10.1 Å². The minimum absolute atomic E-state index is 0.0976. The van der Waals surface area contributed by atoms with E-state index in [1.54, 1.807) is 6.07 Å². The molecular formula is C9H5BrClN3O4S2. The molecule has 11 heteroatoms. The van der Waals surface area contributed by atoms with Gasteiger partial charge in [0.15, 0.2) is 4.34 Å². The molecule has 1 N–H and O–H groups in total. The third-order valence-corrected chi connectivity index (χ3v) is 5.71. The van der Waals surface area contributed by atoms with Crippen LogP contribution in [-0.4, -0.2) is 18.3 Å². The lowest BCUT2D eigenvalue weighted by atomic mass is 10.5. The van der Waals surface area contributed by atoms with Gasteiger partial charge in [0.2, 0.25) is 0 Å². The Bertz CT molecular complexity index is 760. The van der Waals surface area contributed by atoms with Crippen LogP contribution < -0.4 is 4.72 Å². The summed E-state index contributed by atoms with van der Waals surface area (Å²) in [4.78, 5) is 13.8. The number of nitrogens with one attached hydrogen (secondary N) is 1. The molecule has 0 amide bonds. The molecule has 7 nitrogen and oxygen atoms in total. The molecule has 2 rings (SSSR count). The Kier molecular flexibility index (Phi) is 4.28. The SMILES string of the molecule is O=[N+]([O-])c1cc(S(=O)(=O)Nc2ccc(Br)cn2)sc1Cl. The summed E-state index contributed by atoms with van der Waals surface area (Å²) < 4.78 is 26.5. The van der Waals surface area contributed by atoms with Crippen LogP contribution in [0.5, 0.6) is 0 Å². The van der Waals surface area contributed by atoms with E-state index in [-0.39, 0.29) is 14.4 Å². The van der Waals surface area contributed by atoms with Gasteiger partial charge in [-0.3, -0.25) is 14.8 Å². The highest BCUT2D eigenvalue weighted by Gasteiger charge is 2.25. The molecule has 0 saturated carbocycles. The highest BCUT2D eigenvalue weighted by molar-refractivity contribution is 9.10. The molecule has 0 saturated heterocycles. The molecular weight excluding hydrogens is 394 g/mol. The monoisotopic (exact) mass is 397 g/mol. The van der Waals surface area contributed by atoms with Crippen molar-refractivity contribution in [3.05, 3.63) is 43.3 Å². The predicted molar refractivity (Wildman–Crippen MR) is 78.7 cm³/mol. The Morgan fingerprint density at radius 2 is 2.15 bits per heavy atom. The van der Waals surface area contributed by atoms with Crippen molar-refractivity contribution < 1.29 is 13.3 Å². The van der Waals surface area contributed by atoms with E-state index in [4.69, 9.17) is 11.6 Å². The smallest absolute Gasteiger partial charge is 0.263 e. The minimum atomic E-state index is -3.96. The maximum absolute atomic E-state index is 12.0. The quantitative estimate of drug-likeness (QED) is 0.629. The Hall–Kier alpha value is -1.23. The molecule has 2 aromatic heterocycles. The van der Waals surface area contributed by atoms with Crippen LogP contribution in [-0.2, 0) is 10.0 Å². The van der Waals surface area contributed by atoms with Crippen molar-refractivity contribution >= 4 is 60.4 Å². The lowest BCUT2D eigenvalue weighted by Gasteiger charge is -2.04. The highest BCUT2D eigenvalue weighted by Crippen LogP contribution is 2.36. The zero-order chi connectivity index (χ0) is 14.9. The number of hydrogen-bond acceptors (Lipinski definition) is 6. The summed E-state index contributed by atoms with van der Waals surface area (Å²) in [5.74, 6) is 0.0976. The number of aromatic nitrogens is 1. The molecule has 0 fully saturated rings. The molecule has 0 aliphatic rings. The van der Waals surface area contributed by atoms with E-state index < -0.39 is 20.6 Å². The summed E-state index contributed by atoms with van der Waals surface area (Å²) in [5, 5.41) is 10.7. The zero-order valence-corrected chi connectivity index (χ0v) is 13.4. The van der Waals surface area contributed by atoms with Crippen LogP contribution in [0.2, 0.25) is 4.34 Å². The molecule has 0 bridgehead atoms. The van der Waals surface area contributed by atoms with Crippen LogP contribution in [0.15, 0.2) is 33.1 Å². The Labute approximate surface area is 130 Å². The second-order valence-corrected chi connectivity index (χ2v) is 7.93. The van der Waals surface area contributed by atoms with Crippen molar-refractivity contribution in [1.29, 1.82) is 0 Å². The standard InChI is InChI=1S/C9H5BrClN3O4S2/c10-5-1-2-7(12-4-5)13-20(17,18)8-3-6(14(15)16)9(11)19-8/h1-4H,(H,12,13). The maximum Gasteiger partial charge on any atom is 0.300 e. The second-order valence-electron chi connectivity index (χ2n) is 3.45. The Morgan fingerprint density at radius 1 is 1.45 bits per heavy atom. The fraction of sp³-hybridized carbons (Fsp3) is 0. The third kappa shape index (κ3) is 3.26. The summed E-state index contributed by atoms with van der Waals surface area (Å²) in [6.45, 7) is 0. The molecule has 0 unspecified atom stereocenters. The number of nitrogens with zero attached hydrogens (tertiary/aromatic N) is 2. The summed E-state index contributed by atoms with van der Waals surface area (Å²) >= 11 is 9.41. The molecule has 0 atom stereocenters. The summed E-state index contributed by atoms with van der Waals surface area (Å²) in [6, 6.07) is 3.97. The van der Waals surface area contributed by atoms with Crippen molar-refractivity contribution in [1.82, 2.24) is 4.98 Å². The molecule has 0 aromatic carbocycles. The maximum atomic E-state index is 12.0. The second kappa shape index (κ2) is 5.64. The van der Waals surface area contributed by atoms with Gasteiger partial charge in [0.05, 0.1) is 4.92 Å². The van der Waals surface area contributed by atoms with Crippen LogP contribution in [0.3, 0.4) is 0 Å². The van der Waals surface area contributed by atoms with Gasteiger partial charge in [-0.2, -0.15) is 0 Å². The number of pyridine rings is 1. The van der Waals surface area contributed by atoms with E-state index in [1.165, 1.54) is 12.3 Å². The van der Waals surface area contributed by atoms with Crippen molar-refractivity contribution in [2.45, 2.75) is 4.21 Å². The molecule has 0 aliphatic carbocycles. The van der Waals surface area contributed by atoms with E-state index in [2.05, 4.69) is 25.6 Å². The molecule has 20 heavy (non-hydrogen) atoms. The minimum Gasteiger partial charge on any atom is -0.263 e. The van der Waals surface area contributed by atoms with Crippen molar-refractivity contribution in [2.24, 2.45) is 0 Å². The van der Waals surface area contributed by atoms with E-state index >= 15 is 0 Å².